The summed E-state index contributed by atoms with van der Waals surface area (Å²) in [6.07, 6.45) is 3.20. The van der Waals surface area contributed by atoms with Crippen molar-refractivity contribution in [2.75, 3.05) is 5.32 Å². The number of rotatable bonds is 4. The molecule has 0 atom stereocenters. The van der Waals surface area contributed by atoms with Crippen LogP contribution in [-0.4, -0.2) is 14.9 Å². The van der Waals surface area contributed by atoms with Crippen molar-refractivity contribution in [1.29, 1.82) is 0 Å². The minimum Gasteiger partial charge on any atom is -0.377 e. The molecule has 94 valence electrons. The third-order valence-electron chi connectivity index (χ3n) is 2.25. The van der Waals surface area contributed by atoms with Crippen LogP contribution in [0.4, 0.5) is 11.4 Å². The van der Waals surface area contributed by atoms with Crippen LogP contribution >= 0.6 is 23.2 Å². The third kappa shape index (κ3) is 2.72. The van der Waals surface area contributed by atoms with E-state index in [-0.39, 0.29) is 15.7 Å². The number of hydrogen-bond donors (Lipinski definition) is 2. The number of hydrogen-bond acceptors (Lipinski definition) is 4. The van der Waals surface area contributed by atoms with Gasteiger partial charge in [-0.1, -0.05) is 23.2 Å². The standard InChI is InChI=1S/C10H8Cl2N4O2/c11-8-1-7(16(17)18)2-9(12)10(8)14-4-6-3-13-5-15-6/h1-3,5,14H,4H2,(H,13,15). The zero-order chi connectivity index (χ0) is 13.1. The molecule has 6 nitrogen and oxygen atoms in total. The Morgan fingerprint density at radius 2 is 2.06 bits per heavy atom. The highest BCUT2D eigenvalue weighted by Gasteiger charge is 2.14. The molecule has 1 aromatic heterocycles. The summed E-state index contributed by atoms with van der Waals surface area (Å²) in [6.45, 7) is 0.442. The SMILES string of the molecule is O=[N+]([O-])c1cc(Cl)c(NCc2cnc[nH]2)c(Cl)c1. The number of halogens is 2. The lowest BCUT2D eigenvalue weighted by atomic mass is 10.2. The minimum absolute atomic E-state index is 0.142. The van der Waals surface area contributed by atoms with E-state index in [9.17, 15) is 10.1 Å². The summed E-state index contributed by atoms with van der Waals surface area (Å²) in [7, 11) is 0. The molecule has 0 amide bonds. The molecule has 0 saturated carbocycles. The van der Waals surface area contributed by atoms with Crippen molar-refractivity contribution in [1.82, 2.24) is 9.97 Å². The monoisotopic (exact) mass is 286 g/mol. The van der Waals surface area contributed by atoms with Gasteiger partial charge in [0.15, 0.2) is 0 Å². The molecule has 0 aliphatic carbocycles. The molecule has 0 spiro atoms. The summed E-state index contributed by atoms with van der Waals surface area (Å²) in [5.41, 5.74) is 1.16. The molecule has 1 heterocycles. The maximum atomic E-state index is 10.6. The number of aromatic amines is 1. The number of nitro benzene ring substituents is 1. The zero-order valence-corrected chi connectivity index (χ0v) is 10.5. The first-order valence-electron chi connectivity index (χ1n) is 4.92. The molecule has 0 aliphatic heterocycles. The smallest absolute Gasteiger partial charge is 0.272 e. The fourth-order valence-corrected chi connectivity index (χ4v) is 2.01. The Balaban J connectivity index is 2.20. The van der Waals surface area contributed by atoms with Gasteiger partial charge in [0.05, 0.1) is 39.2 Å². The first-order chi connectivity index (χ1) is 8.58. The Bertz CT molecular complexity index is 548. The van der Waals surface area contributed by atoms with E-state index in [2.05, 4.69) is 15.3 Å². The van der Waals surface area contributed by atoms with Gasteiger partial charge in [0.2, 0.25) is 0 Å². The van der Waals surface area contributed by atoms with Gasteiger partial charge in [0.25, 0.3) is 5.69 Å². The van der Waals surface area contributed by atoms with Crippen LogP contribution in [0.2, 0.25) is 10.0 Å². The normalized spacial score (nSPS) is 10.3. The maximum absolute atomic E-state index is 10.6. The number of H-pyrrole nitrogens is 1. The van der Waals surface area contributed by atoms with E-state index in [1.165, 1.54) is 12.1 Å². The summed E-state index contributed by atoms with van der Waals surface area (Å²) in [6, 6.07) is 2.51. The first kappa shape index (κ1) is 12.7. The van der Waals surface area contributed by atoms with Crippen molar-refractivity contribution in [2.24, 2.45) is 0 Å². The van der Waals surface area contributed by atoms with Crippen LogP contribution < -0.4 is 5.32 Å². The summed E-state index contributed by atoms with van der Waals surface area (Å²) in [4.78, 5) is 16.8. The summed E-state index contributed by atoms with van der Waals surface area (Å²) < 4.78 is 0. The van der Waals surface area contributed by atoms with Crippen molar-refractivity contribution >= 4 is 34.6 Å². The predicted octanol–water partition coefficient (Wildman–Crippen LogP) is 3.24. The summed E-state index contributed by atoms with van der Waals surface area (Å²) >= 11 is 11.9. The fraction of sp³-hybridized carbons (Fsp3) is 0.100. The Kier molecular flexibility index (Phi) is 3.69. The molecular formula is C10H8Cl2N4O2. The second kappa shape index (κ2) is 5.24. The van der Waals surface area contributed by atoms with Crippen LogP contribution in [0.15, 0.2) is 24.7 Å². The van der Waals surface area contributed by atoms with E-state index < -0.39 is 4.92 Å². The molecule has 0 bridgehead atoms. The lowest BCUT2D eigenvalue weighted by Crippen LogP contribution is -2.01. The maximum Gasteiger partial charge on any atom is 0.272 e. The quantitative estimate of drug-likeness (QED) is 0.668. The lowest BCUT2D eigenvalue weighted by molar-refractivity contribution is -0.384. The van der Waals surface area contributed by atoms with Crippen LogP contribution in [0.1, 0.15) is 5.69 Å². The fourth-order valence-electron chi connectivity index (χ4n) is 1.40. The highest BCUT2D eigenvalue weighted by atomic mass is 35.5. The number of benzene rings is 1. The molecule has 0 unspecified atom stereocenters. The number of nitrogens with one attached hydrogen (secondary N) is 2. The van der Waals surface area contributed by atoms with Gasteiger partial charge in [-0.2, -0.15) is 0 Å². The number of non-ortho nitro benzene ring substituents is 1. The average molecular weight is 287 g/mol. The van der Waals surface area contributed by atoms with Crippen molar-refractivity contribution in [3.8, 4) is 0 Å². The Labute approximate surface area is 112 Å². The molecule has 18 heavy (non-hydrogen) atoms. The lowest BCUT2D eigenvalue weighted by Gasteiger charge is -2.09. The number of imidazole rings is 1. The van der Waals surface area contributed by atoms with Gasteiger partial charge in [0, 0.05) is 18.3 Å². The predicted molar refractivity (Wildman–Crippen MR) is 69.0 cm³/mol. The van der Waals surface area contributed by atoms with Gasteiger partial charge in [-0.05, 0) is 0 Å². The molecule has 0 aliphatic rings. The molecule has 2 rings (SSSR count). The van der Waals surface area contributed by atoms with Gasteiger partial charge in [0.1, 0.15) is 0 Å². The Morgan fingerprint density at radius 3 is 2.56 bits per heavy atom. The van der Waals surface area contributed by atoms with Crippen molar-refractivity contribution in [2.45, 2.75) is 6.54 Å². The molecule has 0 fully saturated rings. The van der Waals surface area contributed by atoms with Crippen LogP contribution in [0.3, 0.4) is 0 Å². The highest BCUT2D eigenvalue weighted by molar-refractivity contribution is 6.39. The van der Waals surface area contributed by atoms with Crippen LogP contribution in [0.5, 0.6) is 0 Å². The number of aromatic nitrogens is 2. The number of nitro groups is 1. The summed E-state index contributed by atoms with van der Waals surface area (Å²) in [5, 5.41) is 14.0. The first-order valence-corrected chi connectivity index (χ1v) is 5.68. The van der Waals surface area contributed by atoms with Gasteiger partial charge < -0.3 is 10.3 Å². The molecule has 0 saturated heterocycles. The van der Waals surface area contributed by atoms with E-state index in [0.717, 1.165) is 5.69 Å². The largest absolute Gasteiger partial charge is 0.377 e. The highest BCUT2D eigenvalue weighted by Crippen LogP contribution is 2.34. The molecule has 2 aromatic rings. The number of anilines is 1. The minimum atomic E-state index is -0.545. The molecular weight excluding hydrogens is 279 g/mol. The molecule has 2 N–H and O–H groups in total. The molecule has 0 radical (unpaired) electrons. The van der Waals surface area contributed by atoms with Crippen LogP contribution in [0, 0.1) is 10.1 Å². The van der Waals surface area contributed by atoms with E-state index in [1.807, 2.05) is 0 Å². The van der Waals surface area contributed by atoms with Gasteiger partial charge in [-0.3, -0.25) is 10.1 Å². The van der Waals surface area contributed by atoms with Gasteiger partial charge >= 0.3 is 0 Å². The van der Waals surface area contributed by atoms with E-state index in [1.54, 1.807) is 12.5 Å². The molecule has 1 aromatic carbocycles. The van der Waals surface area contributed by atoms with Crippen molar-refractivity contribution in [3.63, 3.8) is 0 Å². The summed E-state index contributed by atoms with van der Waals surface area (Å²) in [5.74, 6) is 0. The Hall–Kier alpha value is -1.79. The van der Waals surface area contributed by atoms with Gasteiger partial charge in [-0.25, -0.2) is 4.98 Å². The second-order valence-corrected chi connectivity index (χ2v) is 4.29. The molecule has 8 heteroatoms. The second-order valence-electron chi connectivity index (χ2n) is 3.47. The van der Waals surface area contributed by atoms with Crippen molar-refractivity contribution < 1.29 is 4.92 Å². The van der Waals surface area contributed by atoms with Crippen LogP contribution in [0.25, 0.3) is 0 Å². The van der Waals surface area contributed by atoms with E-state index >= 15 is 0 Å². The van der Waals surface area contributed by atoms with E-state index in [0.29, 0.717) is 12.2 Å². The Morgan fingerprint density at radius 1 is 1.39 bits per heavy atom. The average Bonchev–Trinajstić information content (AvgIpc) is 2.80. The topological polar surface area (TPSA) is 83.8 Å². The van der Waals surface area contributed by atoms with E-state index in [4.69, 9.17) is 23.2 Å². The van der Waals surface area contributed by atoms with Gasteiger partial charge in [-0.15, -0.1) is 0 Å². The van der Waals surface area contributed by atoms with Crippen LogP contribution in [-0.2, 0) is 6.54 Å². The third-order valence-corrected chi connectivity index (χ3v) is 2.84. The van der Waals surface area contributed by atoms with Crippen molar-refractivity contribution in [3.05, 3.63) is 50.5 Å². The zero-order valence-electron chi connectivity index (χ0n) is 8.98. The number of nitrogens with zero attached hydrogens (tertiary/aromatic N) is 2.